The molecule has 1 aromatic heterocycles. The Hall–Kier alpha value is -1.47. The molecule has 1 aliphatic rings. The molecular formula is C13H18N2O4S. The van der Waals surface area contributed by atoms with Crippen molar-refractivity contribution in [3.8, 4) is 0 Å². The molecule has 20 heavy (non-hydrogen) atoms. The average Bonchev–Trinajstić information content (AvgIpc) is 3.00. The molecule has 0 aliphatic heterocycles. The smallest absolute Gasteiger partial charge is 0.329 e. The molecule has 1 heterocycles. The van der Waals surface area contributed by atoms with Crippen molar-refractivity contribution in [3.05, 3.63) is 16.1 Å². The number of amides is 1. The molecule has 1 amide bonds. The Balaban J connectivity index is 1.90. The van der Waals surface area contributed by atoms with E-state index in [0.717, 1.165) is 5.01 Å². The first-order valence-corrected chi connectivity index (χ1v) is 7.45. The molecule has 1 fully saturated rings. The van der Waals surface area contributed by atoms with Gasteiger partial charge in [0.2, 0.25) is 5.91 Å². The number of carboxylic acid groups (broad SMARTS) is 1. The van der Waals surface area contributed by atoms with Crippen molar-refractivity contribution < 1.29 is 19.4 Å². The molecule has 0 aromatic carbocycles. The van der Waals surface area contributed by atoms with Crippen LogP contribution in [0.25, 0.3) is 0 Å². The van der Waals surface area contributed by atoms with E-state index in [-0.39, 0.29) is 18.4 Å². The summed E-state index contributed by atoms with van der Waals surface area (Å²) in [5.74, 6) is -1.26. The van der Waals surface area contributed by atoms with Crippen LogP contribution in [0, 0.1) is 0 Å². The van der Waals surface area contributed by atoms with Crippen molar-refractivity contribution in [2.24, 2.45) is 0 Å². The van der Waals surface area contributed by atoms with Gasteiger partial charge in [-0.05, 0) is 26.7 Å². The zero-order valence-corrected chi connectivity index (χ0v) is 12.3. The fourth-order valence-electron chi connectivity index (χ4n) is 1.90. The second kappa shape index (κ2) is 5.88. The lowest BCUT2D eigenvalue weighted by Crippen LogP contribution is -2.43. The van der Waals surface area contributed by atoms with Crippen LogP contribution < -0.4 is 5.32 Å². The molecule has 0 bridgehead atoms. The summed E-state index contributed by atoms with van der Waals surface area (Å²) in [7, 11) is 0. The summed E-state index contributed by atoms with van der Waals surface area (Å²) in [5.41, 5.74) is -0.385. The molecule has 7 heteroatoms. The number of carboxylic acids is 1. The van der Waals surface area contributed by atoms with Crippen molar-refractivity contribution in [2.75, 3.05) is 6.61 Å². The normalized spacial score (nSPS) is 17.5. The van der Waals surface area contributed by atoms with E-state index >= 15 is 0 Å². The van der Waals surface area contributed by atoms with Gasteiger partial charge in [-0.25, -0.2) is 9.78 Å². The zero-order chi connectivity index (χ0) is 14.8. The highest BCUT2D eigenvalue weighted by Gasteiger charge is 2.51. The van der Waals surface area contributed by atoms with Crippen LogP contribution in [0.4, 0.5) is 0 Å². The Morgan fingerprint density at radius 2 is 2.30 bits per heavy atom. The number of carbonyl (C=O) groups is 2. The highest BCUT2D eigenvalue weighted by atomic mass is 32.1. The second-order valence-electron chi connectivity index (χ2n) is 4.89. The van der Waals surface area contributed by atoms with E-state index < -0.39 is 11.5 Å². The van der Waals surface area contributed by atoms with E-state index in [1.54, 1.807) is 0 Å². The monoisotopic (exact) mass is 298 g/mol. The van der Waals surface area contributed by atoms with Crippen LogP contribution in [-0.2, 0) is 20.7 Å². The third kappa shape index (κ3) is 3.34. The highest BCUT2D eigenvalue weighted by molar-refractivity contribution is 7.09. The summed E-state index contributed by atoms with van der Waals surface area (Å²) < 4.78 is 5.44. The summed E-state index contributed by atoms with van der Waals surface area (Å²) in [4.78, 5) is 27.2. The maximum absolute atomic E-state index is 11.8. The maximum Gasteiger partial charge on any atom is 0.329 e. The number of thiazole rings is 1. The van der Waals surface area contributed by atoms with Crippen molar-refractivity contribution in [2.45, 2.75) is 44.8 Å². The van der Waals surface area contributed by atoms with Gasteiger partial charge in [0.05, 0.1) is 12.1 Å². The lowest BCUT2D eigenvalue weighted by molar-refractivity contribution is -0.143. The molecule has 2 rings (SSSR count). The van der Waals surface area contributed by atoms with Crippen LogP contribution >= 0.6 is 11.3 Å². The number of ether oxygens (including phenoxy) is 1. The molecular weight excluding hydrogens is 280 g/mol. The predicted molar refractivity (Wildman–Crippen MR) is 73.6 cm³/mol. The number of aliphatic carboxylic acids is 1. The number of rotatable bonds is 7. The first-order valence-electron chi connectivity index (χ1n) is 6.57. The van der Waals surface area contributed by atoms with Crippen LogP contribution in [0.1, 0.15) is 43.5 Å². The first-order chi connectivity index (χ1) is 9.47. The predicted octanol–water partition coefficient (Wildman–Crippen LogP) is 1.52. The topological polar surface area (TPSA) is 88.5 Å². The summed E-state index contributed by atoms with van der Waals surface area (Å²) >= 11 is 1.45. The Labute approximate surface area is 121 Å². The van der Waals surface area contributed by atoms with Crippen molar-refractivity contribution >= 4 is 23.2 Å². The number of aromatic nitrogens is 1. The van der Waals surface area contributed by atoms with E-state index in [0.29, 0.717) is 25.1 Å². The lowest BCUT2D eigenvalue weighted by atomic mass is 10.2. The minimum absolute atomic E-state index is 0.0874. The Bertz CT molecular complexity index is 510. The van der Waals surface area contributed by atoms with Crippen LogP contribution in [0.15, 0.2) is 5.38 Å². The third-order valence-corrected chi connectivity index (χ3v) is 4.27. The molecule has 1 aliphatic carbocycles. The number of hydrogen-bond donors (Lipinski definition) is 2. The molecule has 1 saturated carbocycles. The van der Waals surface area contributed by atoms with Gasteiger partial charge in [-0.1, -0.05) is 0 Å². The van der Waals surface area contributed by atoms with Gasteiger partial charge in [0, 0.05) is 12.0 Å². The van der Waals surface area contributed by atoms with Crippen LogP contribution in [0.3, 0.4) is 0 Å². The molecule has 1 atom stereocenters. The van der Waals surface area contributed by atoms with E-state index in [4.69, 9.17) is 9.84 Å². The van der Waals surface area contributed by atoms with Crippen LogP contribution in [0.5, 0.6) is 0 Å². The molecule has 110 valence electrons. The van der Waals surface area contributed by atoms with E-state index in [9.17, 15) is 9.59 Å². The fourth-order valence-corrected chi connectivity index (χ4v) is 2.73. The van der Waals surface area contributed by atoms with Gasteiger partial charge >= 0.3 is 5.97 Å². The van der Waals surface area contributed by atoms with Gasteiger partial charge in [0.1, 0.15) is 16.7 Å². The summed E-state index contributed by atoms with van der Waals surface area (Å²) in [6.07, 6.45) is 1.01. The summed E-state index contributed by atoms with van der Waals surface area (Å²) in [6.45, 7) is 4.44. The van der Waals surface area contributed by atoms with E-state index in [2.05, 4.69) is 10.3 Å². The molecule has 6 nitrogen and oxygen atoms in total. The molecule has 1 aromatic rings. The minimum Gasteiger partial charge on any atom is -0.480 e. The van der Waals surface area contributed by atoms with Gasteiger partial charge in [0.25, 0.3) is 0 Å². The minimum atomic E-state index is -1.03. The quantitative estimate of drug-likeness (QED) is 0.796. The number of carbonyl (C=O) groups excluding carboxylic acids is 1. The van der Waals surface area contributed by atoms with Gasteiger partial charge < -0.3 is 15.2 Å². The van der Waals surface area contributed by atoms with Crippen LogP contribution in [0.2, 0.25) is 0 Å². The second-order valence-corrected chi connectivity index (χ2v) is 5.78. The standard InChI is InChI=1S/C13H18N2O4S/c1-3-19-8(2)11-14-9(7-20-11)6-10(16)15-13(4-5-13)12(17)18/h7-8H,3-6H2,1-2H3,(H,15,16)(H,17,18). The Morgan fingerprint density at radius 1 is 1.60 bits per heavy atom. The highest BCUT2D eigenvalue weighted by Crippen LogP contribution is 2.35. The first kappa shape index (κ1) is 14.9. The third-order valence-electron chi connectivity index (χ3n) is 3.21. The number of hydrogen-bond acceptors (Lipinski definition) is 5. The van der Waals surface area contributed by atoms with Crippen molar-refractivity contribution in [3.63, 3.8) is 0 Å². The summed E-state index contributed by atoms with van der Waals surface area (Å²) in [6, 6.07) is 0. The number of nitrogens with one attached hydrogen (secondary N) is 1. The molecule has 0 radical (unpaired) electrons. The van der Waals surface area contributed by atoms with Gasteiger partial charge in [-0.15, -0.1) is 11.3 Å². The summed E-state index contributed by atoms with van der Waals surface area (Å²) in [5, 5.41) is 14.2. The maximum atomic E-state index is 11.8. The fraction of sp³-hybridized carbons (Fsp3) is 0.615. The van der Waals surface area contributed by atoms with Crippen molar-refractivity contribution in [1.82, 2.24) is 10.3 Å². The van der Waals surface area contributed by atoms with E-state index in [1.165, 1.54) is 11.3 Å². The van der Waals surface area contributed by atoms with Crippen LogP contribution in [-0.4, -0.2) is 34.1 Å². The van der Waals surface area contributed by atoms with Gasteiger partial charge in [0.15, 0.2) is 0 Å². The lowest BCUT2D eigenvalue weighted by Gasteiger charge is -2.11. The largest absolute Gasteiger partial charge is 0.480 e. The van der Waals surface area contributed by atoms with Gasteiger partial charge in [-0.2, -0.15) is 0 Å². The van der Waals surface area contributed by atoms with Crippen molar-refractivity contribution in [1.29, 1.82) is 0 Å². The number of nitrogens with zero attached hydrogens (tertiary/aromatic N) is 1. The van der Waals surface area contributed by atoms with Gasteiger partial charge in [-0.3, -0.25) is 4.79 Å². The molecule has 0 saturated heterocycles. The molecule has 0 spiro atoms. The Morgan fingerprint density at radius 3 is 2.85 bits per heavy atom. The Kier molecular flexibility index (Phi) is 4.39. The average molecular weight is 298 g/mol. The zero-order valence-electron chi connectivity index (χ0n) is 11.5. The molecule has 2 N–H and O–H groups in total. The SMILES string of the molecule is CCOC(C)c1nc(CC(=O)NC2(C(=O)O)CC2)cs1. The van der Waals surface area contributed by atoms with E-state index in [1.807, 2.05) is 19.2 Å². The molecule has 1 unspecified atom stereocenters.